The van der Waals surface area contributed by atoms with Crippen LogP contribution in [-0.4, -0.2) is 37.5 Å². The number of rotatable bonds is 3. The second-order valence-corrected chi connectivity index (χ2v) is 8.70. The summed E-state index contributed by atoms with van der Waals surface area (Å²) >= 11 is 3.41. The van der Waals surface area contributed by atoms with Crippen LogP contribution < -0.4 is 5.32 Å². The summed E-state index contributed by atoms with van der Waals surface area (Å²) in [4.78, 5) is 14.6. The molecule has 2 aromatic heterocycles. The van der Waals surface area contributed by atoms with Crippen LogP contribution in [0, 0.1) is 6.92 Å². The summed E-state index contributed by atoms with van der Waals surface area (Å²) in [5.74, 6) is 0.799. The number of aromatic nitrogens is 4. The van der Waals surface area contributed by atoms with Crippen LogP contribution in [0.4, 0.5) is 10.5 Å². The molecule has 5 rings (SSSR count). The Morgan fingerprint density at radius 1 is 1.06 bits per heavy atom. The number of amides is 2. The fourth-order valence-corrected chi connectivity index (χ4v) is 4.07. The molecule has 4 aromatic rings. The number of benzene rings is 2. The molecule has 8 nitrogen and oxygen atoms in total. The number of hydrogen-bond acceptors (Lipinski definition) is 5. The van der Waals surface area contributed by atoms with E-state index in [4.69, 9.17) is 4.42 Å². The number of hydrogen-bond donors (Lipinski definition) is 1. The van der Waals surface area contributed by atoms with Crippen LogP contribution in [0.1, 0.15) is 16.8 Å². The molecule has 0 saturated heterocycles. The Hall–Kier alpha value is -3.46. The topological polar surface area (TPSA) is 89.1 Å². The molecule has 2 amide bonds. The van der Waals surface area contributed by atoms with Gasteiger partial charge in [0.1, 0.15) is 0 Å². The summed E-state index contributed by atoms with van der Waals surface area (Å²) in [5, 5.41) is 16.0. The summed E-state index contributed by atoms with van der Waals surface area (Å²) in [6, 6.07) is 15.3. The number of carbonyl (C=O) groups is 1. The lowest BCUT2D eigenvalue weighted by Gasteiger charge is -2.27. The lowest BCUT2D eigenvalue weighted by Crippen LogP contribution is -2.39. The first-order valence-corrected chi connectivity index (χ1v) is 11.0. The summed E-state index contributed by atoms with van der Waals surface area (Å²) < 4.78 is 8.75. The van der Waals surface area contributed by atoms with E-state index in [9.17, 15) is 4.79 Å². The van der Waals surface area contributed by atoms with Crippen LogP contribution in [0.3, 0.4) is 0 Å². The Bertz CT molecular complexity index is 1280. The molecule has 162 valence electrons. The van der Waals surface area contributed by atoms with Crippen molar-refractivity contribution < 1.29 is 9.21 Å². The minimum Gasteiger partial charge on any atom is -0.415 e. The Labute approximate surface area is 193 Å². The van der Waals surface area contributed by atoms with Crippen molar-refractivity contribution in [3.63, 3.8) is 0 Å². The molecule has 9 heteroatoms. The summed E-state index contributed by atoms with van der Waals surface area (Å²) in [5.41, 5.74) is 5.39. The number of anilines is 1. The van der Waals surface area contributed by atoms with E-state index in [1.165, 1.54) is 0 Å². The normalized spacial score (nSPS) is 13.2. The van der Waals surface area contributed by atoms with Gasteiger partial charge in [0.05, 0.1) is 6.54 Å². The van der Waals surface area contributed by atoms with Gasteiger partial charge in [-0.3, -0.25) is 4.68 Å². The minimum atomic E-state index is -0.154. The number of urea groups is 1. The third-order valence-corrected chi connectivity index (χ3v) is 6.08. The quantitative estimate of drug-likeness (QED) is 0.443. The standard InChI is InChI=1S/C23H21BrN6O2/c1-14-3-5-15(6-4-14)21-26-27-22(32-21)20-18-13-30(12-11-19(18)29(2)28-20)23(31)25-17-9-7-16(24)8-10-17/h3-10H,11-13H2,1-2H3,(H,25,31). The fourth-order valence-electron chi connectivity index (χ4n) is 3.80. The molecule has 0 aliphatic carbocycles. The molecule has 0 radical (unpaired) electrons. The first kappa shape index (κ1) is 20.4. The van der Waals surface area contributed by atoms with Gasteiger partial charge in [-0.2, -0.15) is 5.10 Å². The van der Waals surface area contributed by atoms with Crippen LogP contribution in [0.2, 0.25) is 0 Å². The molecule has 1 aliphatic rings. The van der Waals surface area contributed by atoms with Gasteiger partial charge < -0.3 is 14.6 Å². The Morgan fingerprint density at radius 3 is 2.53 bits per heavy atom. The van der Waals surface area contributed by atoms with Crippen molar-refractivity contribution in [2.24, 2.45) is 7.05 Å². The number of halogens is 1. The smallest absolute Gasteiger partial charge is 0.322 e. The van der Waals surface area contributed by atoms with Gasteiger partial charge in [-0.1, -0.05) is 33.6 Å². The zero-order chi connectivity index (χ0) is 22.2. The largest absolute Gasteiger partial charge is 0.415 e. The molecule has 0 unspecified atom stereocenters. The molecule has 0 fully saturated rings. The molecule has 3 heterocycles. The van der Waals surface area contributed by atoms with E-state index in [1.807, 2.05) is 67.2 Å². The maximum atomic E-state index is 12.9. The van der Waals surface area contributed by atoms with E-state index >= 15 is 0 Å². The van der Waals surface area contributed by atoms with Crippen molar-refractivity contribution in [3.05, 3.63) is 69.8 Å². The highest BCUT2D eigenvalue weighted by Crippen LogP contribution is 2.31. The summed E-state index contributed by atoms with van der Waals surface area (Å²) in [6.45, 7) is 3.05. The molecule has 0 atom stereocenters. The number of fused-ring (bicyclic) bond motifs is 1. The van der Waals surface area contributed by atoms with Crippen LogP contribution >= 0.6 is 15.9 Å². The zero-order valence-corrected chi connectivity index (χ0v) is 19.3. The SMILES string of the molecule is Cc1ccc(-c2nnc(-c3nn(C)c4c3CN(C(=O)Nc3ccc(Br)cc3)CC4)o2)cc1. The van der Waals surface area contributed by atoms with Crippen LogP contribution in [0.5, 0.6) is 0 Å². The number of nitrogens with zero attached hydrogens (tertiary/aromatic N) is 5. The molecular formula is C23H21BrN6O2. The van der Waals surface area contributed by atoms with Crippen molar-refractivity contribution >= 4 is 27.6 Å². The predicted molar refractivity (Wildman–Crippen MR) is 124 cm³/mol. The average Bonchev–Trinajstić information content (AvgIpc) is 3.40. The van der Waals surface area contributed by atoms with Crippen molar-refractivity contribution in [2.75, 3.05) is 11.9 Å². The van der Waals surface area contributed by atoms with Gasteiger partial charge in [0.15, 0.2) is 5.69 Å². The molecule has 0 bridgehead atoms. The van der Waals surface area contributed by atoms with E-state index in [0.717, 1.165) is 32.5 Å². The molecule has 2 aromatic carbocycles. The van der Waals surface area contributed by atoms with Crippen molar-refractivity contribution in [2.45, 2.75) is 19.9 Å². The zero-order valence-electron chi connectivity index (χ0n) is 17.7. The van der Waals surface area contributed by atoms with Crippen LogP contribution in [0.15, 0.2) is 57.4 Å². The van der Waals surface area contributed by atoms with Gasteiger partial charge in [-0.25, -0.2) is 4.79 Å². The predicted octanol–water partition coefficient (Wildman–Crippen LogP) is 4.80. The highest BCUT2D eigenvalue weighted by atomic mass is 79.9. The maximum Gasteiger partial charge on any atom is 0.322 e. The lowest BCUT2D eigenvalue weighted by molar-refractivity contribution is 0.206. The Balaban J connectivity index is 1.39. The lowest BCUT2D eigenvalue weighted by atomic mass is 10.1. The number of nitrogens with one attached hydrogen (secondary N) is 1. The average molecular weight is 493 g/mol. The third kappa shape index (κ3) is 3.91. The molecular weight excluding hydrogens is 472 g/mol. The van der Waals surface area contributed by atoms with Gasteiger partial charge in [0.25, 0.3) is 5.89 Å². The van der Waals surface area contributed by atoms with E-state index < -0.39 is 0 Å². The summed E-state index contributed by atoms with van der Waals surface area (Å²) in [7, 11) is 1.90. The van der Waals surface area contributed by atoms with Gasteiger partial charge in [-0.15, -0.1) is 10.2 Å². The van der Waals surface area contributed by atoms with E-state index in [-0.39, 0.29) is 6.03 Å². The van der Waals surface area contributed by atoms with Crippen LogP contribution in [-0.2, 0) is 20.0 Å². The Morgan fingerprint density at radius 2 is 1.78 bits per heavy atom. The fraction of sp³-hybridized carbons (Fsp3) is 0.217. The van der Waals surface area contributed by atoms with Gasteiger partial charge in [0, 0.05) is 47.0 Å². The van der Waals surface area contributed by atoms with Gasteiger partial charge in [-0.05, 0) is 43.3 Å². The second kappa shape index (κ2) is 8.23. The molecule has 1 aliphatic heterocycles. The van der Waals surface area contributed by atoms with E-state index in [0.29, 0.717) is 37.0 Å². The number of aryl methyl sites for hydroxylation is 2. The van der Waals surface area contributed by atoms with Crippen molar-refractivity contribution in [1.29, 1.82) is 0 Å². The first-order valence-electron chi connectivity index (χ1n) is 10.2. The second-order valence-electron chi connectivity index (χ2n) is 7.78. The molecule has 32 heavy (non-hydrogen) atoms. The first-order chi connectivity index (χ1) is 15.5. The monoisotopic (exact) mass is 492 g/mol. The summed E-state index contributed by atoms with van der Waals surface area (Å²) in [6.07, 6.45) is 0.700. The number of carbonyl (C=O) groups excluding carboxylic acids is 1. The molecule has 0 saturated carbocycles. The minimum absolute atomic E-state index is 0.154. The molecule has 1 N–H and O–H groups in total. The highest BCUT2D eigenvalue weighted by molar-refractivity contribution is 9.10. The van der Waals surface area contributed by atoms with Crippen molar-refractivity contribution in [3.8, 4) is 23.0 Å². The Kier molecular flexibility index (Phi) is 5.26. The van der Waals surface area contributed by atoms with Crippen LogP contribution in [0.25, 0.3) is 23.0 Å². The van der Waals surface area contributed by atoms with Gasteiger partial charge >= 0.3 is 6.03 Å². The molecule has 0 spiro atoms. The van der Waals surface area contributed by atoms with E-state index in [2.05, 4.69) is 36.5 Å². The third-order valence-electron chi connectivity index (χ3n) is 5.55. The van der Waals surface area contributed by atoms with Gasteiger partial charge in [0.2, 0.25) is 5.89 Å². The highest BCUT2D eigenvalue weighted by Gasteiger charge is 2.29. The maximum absolute atomic E-state index is 12.9. The van der Waals surface area contributed by atoms with Crippen molar-refractivity contribution in [1.82, 2.24) is 24.9 Å². The van der Waals surface area contributed by atoms with E-state index in [1.54, 1.807) is 4.90 Å².